The number of hydrogen-bond donors (Lipinski definition) is 2. The maximum absolute atomic E-state index is 13.2. The molecule has 1 aromatic heterocycles. The molecule has 2 amide bonds. The minimum absolute atomic E-state index is 0.0345. The van der Waals surface area contributed by atoms with Gasteiger partial charge in [0, 0.05) is 55.0 Å². The van der Waals surface area contributed by atoms with E-state index in [2.05, 4.69) is 9.88 Å². The summed E-state index contributed by atoms with van der Waals surface area (Å²) in [5, 5.41) is 12.4. The average Bonchev–Trinajstić information content (AvgIpc) is 3.59. The molecule has 2 saturated heterocycles. The monoisotopic (exact) mass is 598 g/mol. The average molecular weight is 600 g/mol. The number of piperidine rings is 1. The number of sulfonamides is 1. The molecular weight excluding hydrogens is 567 g/mol. The van der Waals surface area contributed by atoms with Gasteiger partial charge in [0.25, 0.3) is 0 Å². The zero-order valence-corrected chi connectivity index (χ0v) is 23.7. The summed E-state index contributed by atoms with van der Waals surface area (Å²) in [6.07, 6.45) is 6.32. The first-order valence-electron chi connectivity index (χ1n) is 12.9. The number of carboxylic acids is 1. The SMILES string of the molecule is O=C(O)[C@H](CCC(=O)N1CCC(Cn2cccc2)CC1)NC(=O)[C@H]1CCCN1S(=O)(=O)c1cc(Cl)cc(Cl)c1. The molecule has 2 aromatic rings. The summed E-state index contributed by atoms with van der Waals surface area (Å²) in [4.78, 5) is 39.4. The Morgan fingerprint density at radius 2 is 1.64 bits per heavy atom. The predicted molar refractivity (Wildman–Crippen MR) is 146 cm³/mol. The number of amides is 2. The number of nitrogens with one attached hydrogen (secondary N) is 1. The molecule has 0 aliphatic carbocycles. The molecule has 2 N–H and O–H groups in total. The van der Waals surface area contributed by atoms with Crippen molar-refractivity contribution in [2.24, 2.45) is 5.92 Å². The molecule has 3 heterocycles. The van der Waals surface area contributed by atoms with Gasteiger partial charge in [0.15, 0.2) is 0 Å². The summed E-state index contributed by atoms with van der Waals surface area (Å²) < 4.78 is 29.6. The van der Waals surface area contributed by atoms with Crippen LogP contribution in [0.1, 0.15) is 38.5 Å². The largest absolute Gasteiger partial charge is 0.480 e. The second kappa shape index (κ2) is 12.7. The second-order valence-electron chi connectivity index (χ2n) is 10.0. The van der Waals surface area contributed by atoms with Crippen molar-refractivity contribution in [3.8, 4) is 0 Å². The highest BCUT2D eigenvalue weighted by atomic mass is 35.5. The molecule has 0 bridgehead atoms. The number of carbonyl (C=O) groups is 3. The number of carbonyl (C=O) groups excluding carboxylic acids is 2. The van der Waals surface area contributed by atoms with Crippen molar-refractivity contribution in [1.82, 2.24) is 19.1 Å². The van der Waals surface area contributed by atoms with Gasteiger partial charge >= 0.3 is 5.97 Å². The van der Waals surface area contributed by atoms with Gasteiger partial charge in [0.1, 0.15) is 12.1 Å². The quantitative estimate of drug-likeness (QED) is 0.432. The number of rotatable bonds is 10. The Bertz CT molecular complexity index is 1280. The van der Waals surface area contributed by atoms with E-state index in [9.17, 15) is 27.9 Å². The van der Waals surface area contributed by atoms with E-state index in [0.29, 0.717) is 25.4 Å². The molecule has 10 nitrogen and oxygen atoms in total. The lowest BCUT2D eigenvalue weighted by Gasteiger charge is -2.32. The Morgan fingerprint density at radius 1 is 1.00 bits per heavy atom. The molecule has 0 spiro atoms. The fourth-order valence-electron chi connectivity index (χ4n) is 5.21. The van der Waals surface area contributed by atoms with Crippen LogP contribution in [0.5, 0.6) is 0 Å². The summed E-state index contributed by atoms with van der Waals surface area (Å²) in [5.74, 6) is -1.68. The molecule has 4 rings (SSSR count). The fraction of sp³-hybridized carbons (Fsp3) is 0.500. The van der Waals surface area contributed by atoms with Gasteiger partial charge in [-0.05, 0) is 68.4 Å². The minimum atomic E-state index is -4.10. The summed E-state index contributed by atoms with van der Waals surface area (Å²) in [6.45, 7) is 2.22. The summed E-state index contributed by atoms with van der Waals surface area (Å²) in [5.41, 5.74) is 0. The van der Waals surface area contributed by atoms with Crippen LogP contribution in [0, 0.1) is 5.92 Å². The number of aromatic nitrogens is 1. The number of benzene rings is 1. The molecule has 0 saturated carbocycles. The van der Waals surface area contributed by atoms with Crippen LogP contribution in [0.4, 0.5) is 0 Å². The third-order valence-electron chi connectivity index (χ3n) is 7.31. The molecule has 212 valence electrons. The normalized spacial score (nSPS) is 19.6. The van der Waals surface area contributed by atoms with Gasteiger partial charge in [0.2, 0.25) is 21.8 Å². The van der Waals surface area contributed by atoms with Gasteiger partial charge in [-0.25, -0.2) is 13.2 Å². The van der Waals surface area contributed by atoms with Crippen molar-refractivity contribution in [2.75, 3.05) is 19.6 Å². The van der Waals surface area contributed by atoms with Gasteiger partial charge in [-0.3, -0.25) is 9.59 Å². The molecule has 39 heavy (non-hydrogen) atoms. The Morgan fingerprint density at radius 3 is 2.26 bits per heavy atom. The second-order valence-corrected chi connectivity index (χ2v) is 12.8. The Labute approximate surface area is 237 Å². The predicted octanol–water partition coefficient (Wildman–Crippen LogP) is 3.24. The van der Waals surface area contributed by atoms with Crippen LogP contribution >= 0.6 is 23.2 Å². The van der Waals surface area contributed by atoms with Gasteiger partial charge < -0.3 is 19.9 Å². The molecule has 0 unspecified atom stereocenters. The first-order valence-corrected chi connectivity index (χ1v) is 15.1. The molecule has 2 aliphatic heterocycles. The van der Waals surface area contributed by atoms with Crippen LogP contribution in [0.3, 0.4) is 0 Å². The van der Waals surface area contributed by atoms with E-state index in [1.807, 2.05) is 24.5 Å². The molecule has 1 aromatic carbocycles. The van der Waals surface area contributed by atoms with E-state index in [1.165, 1.54) is 18.2 Å². The Hall–Kier alpha value is -2.60. The number of hydrogen-bond acceptors (Lipinski definition) is 5. The lowest BCUT2D eigenvalue weighted by molar-refractivity contribution is -0.143. The lowest BCUT2D eigenvalue weighted by atomic mass is 9.96. The Balaban J connectivity index is 1.32. The van der Waals surface area contributed by atoms with Crippen molar-refractivity contribution in [1.29, 1.82) is 0 Å². The molecule has 13 heteroatoms. The van der Waals surface area contributed by atoms with Gasteiger partial charge in [-0.1, -0.05) is 23.2 Å². The minimum Gasteiger partial charge on any atom is -0.480 e. The number of likely N-dealkylation sites (tertiary alicyclic amines) is 1. The molecule has 2 aliphatic rings. The van der Waals surface area contributed by atoms with Crippen LogP contribution < -0.4 is 5.32 Å². The maximum Gasteiger partial charge on any atom is 0.326 e. The third kappa shape index (κ3) is 7.33. The Kier molecular flexibility index (Phi) is 9.58. The van der Waals surface area contributed by atoms with E-state index >= 15 is 0 Å². The van der Waals surface area contributed by atoms with Crippen molar-refractivity contribution >= 4 is 51.0 Å². The zero-order chi connectivity index (χ0) is 28.2. The van der Waals surface area contributed by atoms with Crippen molar-refractivity contribution in [3.05, 3.63) is 52.8 Å². The highest BCUT2D eigenvalue weighted by molar-refractivity contribution is 7.89. The van der Waals surface area contributed by atoms with Crippen molar-refractivity contribution in [3.63, 3.8) is 0 Å². The molecule has 0 radical (unpaired) electrons. The molecule has 2 atom stereocenters. The first-order chi connectivity index (χ1) is 18.5. The highest BCUT2D eigenvalue weighted by Crippen LogP contribution is 2.30. The van der Waals surface area contributed by atoms with Crippen molar-refractivity contribution < 1.29 is 27.9 Å². The lowest BCUT2D eigenvalue weighted by Crippen LogP contribution is -2.51. The van der Waals surface area contributed by atoms with Gasteiger partial charge in [-0.15, -0.1) is 0 Å². The van der Waals surface area contributed by atoms with E-state index in [0.717, 1.165) is 23.7 Å². The summed E-state index contributed by atoms with van der Waals surface area (Å²) >= 11 is 11.9. The zero-order valence-electron chi connectivity index (χ0n) is 21.3. The van der Waals surface area contributed by atoms with E-state index < -0.39 is 34.0 Å². The molecular formula is C26H32Cl2N4O6S. The smallest absolute Gasteiger partial charge is 0.326 e. The van der Waals surface area contributed by atoms with Crippen LogP contribution in [0.25, 0.3) is 0 Å². The van der Waals surface area contributed by atoms with Crippen molar-refractivity contribution in [2.45, 2.75) is 62.0 Å². The van der Waals surface area contributed by atoms with Gasteiger partial charge in [-0.2, -0.15) is 4.31 Å². The topological polar surface area (TPSA) is 129 Å². The van der Waals surface area contributed by atoms with Crippen LogP contribution in [0.15, 0.2) is 47.6 Å². The van der Waals surface area contributed by atoms with Crippen LogP contribution in [-0.2, 0) is 31.0 Å². The third-order valence-corrected chi connectivity index (χ3v) is 9.64. The first kappa shape index (κ1) is 29.4. The van der Waals surface area contributed by atoms with Gasteiger partial charge in [0.05, 0.1) is 4.90 Å². The standard InChI is InChI=1S/C26H32Cl2N4O6S/c27-19-14-20(28)16-21(15-19)39(37,38)32-11-3-4-23(32)25(34)29-22(26(35)36)5-6-24(33)31-12-7-18(8-13-31)17-30-9-1-2-10-30/h1-2,9-10,14-16,18,22-23H,3-8,11-13,17H2,(H,29,34)(H,35,36)/t22-,23+/m0/s1. The number of halogens is 2. The van der Waals surface area contributed by atoms with E-state index in [-0.39, 0.29) is 46.7 Å². The van der Waals surface area contributed by atoms with Crippen LogP contribution in [0.2, 0.25) is 10.0 Å². The maximum atomic E-state index is 13.2. The van der Waals surface area contributed by atoms with Crippen LogP contribution in [-0.4, -0.2) is 76.8 Å². The molecule has 2 fully saturated rings. The fourth-order valence-corrected chi connectivity index (χ4v) is 7.59. The summed E-state index contributed by atoms with van der Waals surface area (Å²) in [6, 6.07) is 5.48. The number of aliphatic carboxylic acids is 1. The highest BCUT2D eigenvalue weighted by Gasteiger charge is 2.41. The van der Waals surface area contributed by atoms with E-state index in [4.69, 9.17) is 23.2 Å². The number of carboxylic acid groups (broad SMARTS) is 1. The summed E-state index contributed by atoms with van der Waals surface area (Å²) in [7, 11) is -4.10. The van der Waals surface area contributed by atoms with E-state index in [1.54, 1.807) is 4.90 Å². The number of nitrogens with zero attached hydrogens (tertiary/aromatic N) is 3.